The molecule has 96 valence electrons. The van der Waals surface area contributed by atoms with Gasteiger partial charge in [-0.15, -0.1) is 0 Å². The highest BCUT2D eigenvalue weighted by Crippen LogP contribution is 2.14. The molecule has 0 amide bonds. The van der Waals surface area contributed by atoms with Crippen LogP contribution in [-0.2, 0) is 11.3 Å². The van der Waals surface area contributed by atoms with Crippen LogP contribution in [0.2, 0.25) is 0 Å². The summed E-state index contributed by atoms with van der Waals surface area (Å²) in [4.78, 5) is 24.1. The highest BCUT2D eigenvalue weighted by atomic mass is 79.9. The summed E-state index contributed by atoms with van der Waals surface area (Å²) in [5.74, 6) is 0. The monoisotopic (exact) mass is 316 g/mol. The molecule has 0 aliphatic carbocycles. The van der Waals surface area contributed by atoms with E-state index >= 15 is 0 Å². The largest absolute Gasteiger partial charge is 0.411 e. The lowest BCUT2D eigenvalue weighted by Crippen LogP contribution is -2.31. The van der Waals surface area contributed by atoms with E-state index in [1.54, 1.807) is 0 Å². The summed E-state index contributed by atoms with van der Waals surface area (Å²) < 4.78 is 40.7. The van der Waals surface area contributed by atoms with Gasteiger partial charge in [-0.3, -0.25) is 14.3 Å². The van der Waals surface area contributed by atoms with Crippen LogP contribution in [0.5, 0.6) is 0 Å². The molecule has 9 heteroatoms. The summed E-state index contributed by atoms with van der Waals surface area (Å²) in [5, 5.41) is 0. The first kappa shape index (κ1) is 14.0. The van der Waals surface area contributed by atoms with Crippen molar-refractivity contribution in [2.75, 3.05) is 13.2 Å². The van der Waals surface area contributed by atoms with Gasteiger partial charge in [-0.2, -0.15) is 13.2 Å². The first-order chi connectivity index (χ1) is 7.79. The van der Waals surface area contributed by atoms with Crippen molar-refractivity contribution in [2.45, 2.75) is 12.7 Å². The van der Waals surface area contributed by atoms with Gasteiger partial charge in [0.25, 0.3) is 5.56 Å². The molecule has 0 aliphatic rings. The average molecular weight is 317 g/mol. The molecule has 5 nitrogen and oxygen atoms in total. The number of aromatic nitrogens is 2. The van der Waals surface area contributed by atoms with Crippen LogP contribution in [0, 0.1) is 0 Å². The van der Waals surface area contributed by atoms with Crippen molar-refractivity contribution in [3.63, 3.8) is 0 Å². The van der Waals surface area contributed by atoms with Crippen molar-refractivity contribution in [3.05, 3.63) is 31.5 Å². The van der Waals surface area contributed by atoms with E-state index in [4.69, 9.17) is 0 Å². The van der Waals surface area contributed by atoms with Crippen molar-refractivity contribution >= 4 is 15.9 Å². The number of nitrogens with one attached hydrogen (secondary N) is 1. The summed E-state index contributed by atoms with van der Waals surface area (Å²) in [6, 6.07) is 0. The molecule has 0 atom stereocenters. The minimum absolute atomic E-state index is 0.0791. The van der Waals surface area contributed by atoms with Crippen LogP contribution in [0.3, 0.4) is 0 Å². The van der Waals surface area contributed by atoms with Gasteiger partial charge in [0.1, 0.15) is 6.61 Å². The van der Waals surface area contributed by atoms with Gasteiger partial charge >= 0.3 is 11.9 Å². The number of hydrogen-bond donors (Lipinski definition) is 1. The van der Waals surface area contributed by atoms with Crippen LogP contribution in [0.25, 0.3) is 0 Å². The number of hydrogen-bond acceptors (Lipinski definition) is 3. The fourth-order valence-corrected chi connectivity index (χ4v) is 1.35. The minimum atomic E-state index is -4.39. The Morgan fingerprint density at radius 3 is 2.65 bits per heavy atom. The Kier molecular flexibility index (Phi) is 4.52. The molecule has 1 N–H and O–H groups in total. The number of rotatable bonds is 4. The Hall–Kier alpha value is -1.09. The van der Waals surface area contributed by atoms with Crippen LogP contribution in [-0.4, -0.2) is 28.9 Å². The summed E-state index contributed by atoms with van der Waals surface area (Å²) in [5.41, 5.74) is -1.30. The van der Waals surface area contributed by atoms with Crippen LogP contribution < -0.4 is 11.2 Å². The Bertz CT molecular complexity index is 494. The van der Waals surface area contributed by atoms with E-state index in [1.165, 1.54) is 6.20 Å². The van der Waals surface area contributed by atoms with Crippen molar-refractivity contribution in [2.24, 2.45) is 0 Å². The summed E-state index contributed by atoms with van der Waals surface area (Å²) in [7, 11) is 0. The third kappa shape index (κ3) is 4.73. The molecule has 0 aromatic carbocycles. The summed E-state index contributed by atoms with van der Waals surface area (Å²) in [6.07, 6.45) is -3.20. The SMILES string of the molecule is O=c1[nH]c(=O)n(CCOCC(F)(F)F)cc1Br. The van der Waals surface area contributed by atoms with E-state index in [9.17, 15) is 22.8 Å². The highest BCUT2D eigenvalue weighted by molar-refractivity contribution is 9.10. The molecule has 0 aliphatic heterocycles. The maximum atomic E-state index is 11.7. The molecule has 1 aromatic heterocycles. The summed E-state index contributed by atoms with van der Waals surface area (Å²) >= 11 is 2.90. The number of ether oxygens (including phenoxy) is 1. The Labute approximate surface area is 101 Å². The molecule has 0 saturated heterocycles. The standard InChI is InChI=1S/C8H8BrF3N2O3/c9-5-3-14(7(16)13-6(5)15)1-2-17-4-8(10,11)12/h3H,1-2,4H2,(H,13,15,16). The van der Waals surface area contributed by atoms with Crippen LogP contribution in [0.1, 0.15) is 0 Å². The number of alkyl halides is 3. The second-order valence-corrected chi connectivity index (χ2v) is 3.95. The Morgan fingerprint density at radius 2 is 2.06 bits per heavy atom. The van der Waals surface area contributed by atoms with Gasteiger partial charge < -0.3 is 4.74 Å². The van der Waals surface area contributed by atoms with E-state index in [2.05, 4.69) is 20.7 Å². The topological polar surface area (TPSA) is 64.1 Å². The van der Waals surface area contributed by atoms with Gasteiger partial charge in [0, 0.05) is 6.20 Å². The number of aromatic amines is 1. The van der Waals surface area contributed by atoms with E-state index in [1.807, 2.05) is 4.98 Å². The lowest BCUT2D eigenvalue weighted by Gasteiger charge is -2.08. The van der Waals surface area contributed by atoms with E-state index in [0.717, 1.165) is 4.57 Å². The Balaban J connectivity index is 2.56. The quantitative estimate of drug-likeness (QED) is 0.839. The van der Waals surface area contributed by atoms with E-state index < -0.39 is 24.0 Å². The van der Waals surface area contributed by atoms with E-state index in [-0.39, 0.29) is 17.6 Å². The molecule has 1 heterocycles. The van der Waals surface area contributed by atoms with Crippen LogP contribution in [0.4, 0.5) is 13.2 Å². The van der Waals surface area contributed by atoms with Crippen LogP contribution in [0.15, 0.2) is 20.3 Å². The molecule has 17 heavy (non-hydrogen) atoms. The molecule has 0 fully saturated rings. The lowest BCUT2D eigenvalue weighted by atomic mass is 10.6. The molecule has 0 radical (unpaired) electrons. The fourth-order valence-electron chi connectivity index (χ4n) is 1.000. The normalized spacial score (nSPS) is 11.8. The van der Waals surface area contributed by atoms with Gasteiger partial charge in [-0.1, -0.05) is 0 Å². The molecule has 1 rings (SSSR count). The van der Waals surface area contributed by atoms with Crippen LogP contribution >= 0.6 is 15.9 Å². The minimum Gasteiger partial charge on any atom is -0.370 e. The maximum absolute atomic E-state index is 11.7. The number of halogens is 4. The lowest BCUT2D eigenvalue weighted by molar-refractivity contribution is -0.174. The first-order valence-electron chi connectivity index (χ1n) is 4.43. The van der Waals surface area contributed by atoms with Crippen molar-refractivity contribution < 1.29 is 17.9 Å². The predicted octanol–water partition coefficient (Wildman–Crippen LogP) is 0.878. The molecule has 0 bridgehead atoms. The fraction of sp³-hybridized carbons (Fsp3) is 0.500. The molecular formula is C8H8BrF3N2O3. The molecular weight excluding hydrogens is 309 g/mol. The highest BCUT2D eigenvalue weighted by Gasteiger charge is 2.27. The third-order valence-electron chi connectivity index (χ3n) is 1.71. The zero-order valence-electron chi connectivity index (χ0n) is 8.38. The number of nitrogens with zero attached hydrogens (tertiary/aromatic N) is 1. The van der Waals surface area contributed by atoms with E-state index in [0.29, 0.717) is 0 Å². The second-order valence-electron chi connectivity index (χ2n) is 3.10. The van der Waals surface area contributed by atoms with Gasteiger partial charge in [-0.25, -0.2) is 4.79 Å². The zero-order chi connectivity index (χ0) is 13.1. The molecule has 1 aromatic rings. The van der Waals surface area contributed by atoms with Gasteiger partial charge in [-0.05, 0) is 15.9 Å². The van der Waals surface area contributed by atoms with Crippen molar-refractivity contribution in [1.29, 1.82) is 0 Å². The molecule has 0 spiro atoms. The molecule has 0 unspecified atom stereocenters. The van der Waals surface area contributed by atoms with Crippen molar-refractivity contribution in [3.8, 4) is 0 Å². The first-order valence-corrected chi connectivity index (χ1v) is 5.22. The molecule has 0 saturated carbocycles. The Morgan fingerprint density at radius 1 is 1.41 bits per heavy atom. The second kappa shape index (κ2) is 5.50. The van der Waals surface area contributed by atoms with Gasteiger partial charge in [0.2, 0.25) is 0 Å². The van der Waals surface area contributed by atoms with Gasteiger partial charge in [0.15, 0.2) is 0 Å². The third-order valence-corrected chi connectivity index (χ3v) is 2.27. The zero-order valence-corrected chi connectivity index (χ0v) is 9.97. The predicted molar refractivity (Wildman–Crippen MR) is 55.9 cm³/mol. The average Bonchev–Trinajstić information content (AvgIpc) is 2.18. The van der Waals surface area contributed by atoms with Crippen molar-refractivity contribution in [1.82, 2.24) is 9.55 Å². The maximum Gasteiger partial charge on any atom is 0.411 e. The number of H-pyrrole nitrogens is 1. The summed E-state index contributed by atoms with van der Waals surface area (Å²) in [6.45, 7) is -1.73. The smallest absolute Gasteiger partial charge is 0.370 e. The van der Waals surface area contributed by atoms with Gasteiger partial charge in [0.05, 0.1) is 17.6 Å².